The molecule has 0 aliphatic carbocycles. The molecule has 3 rings (SSSR count). The summed E-state index contributed by atoms with van der Waals surface area (Å²) in [6.45, 7) is 0. The maximum atomic E-state index is 12.7. The van der Waals surface area contributed by atoms with Crippen molar-refractivity contribution in [3.05, 3.63) is 66.5 Å². The fourth-order valence-electron chi connectivity index (χ4n) is 2.42. The molecule has 0 aliphatic heterocycles. The van der Waals surface area contributed by atoms with Gasteiger partial charge in [-0.2, -0.15) is 31.0 Å². The van der Waals surface area contributed by atoms with E-state index in [0.29, 0.717) is 22.5 Å². The Morgan fingerprint density at radius 2 is 1.71 bits per heavy atom. The van der Waals surface area contributed by atoms with Gasteiger partial charge in [0.1, 0.15) is 0 Å². The highest BCUT2D eigenvalue weighted by Crippen LogP contribution is 2.30. The van der Waals surface area contributed by atoms with Crippen LogP contribution >= 0.6 is 0 Å². The number of nitrogens with one attached hydrogen (secondary N) is 1. The van der Waals surface area contributed by atoms with Crippen LogP contribution < -0.4 is 4.72 Å². The van der Waals surface area contributed by atoms with Crippen molar-refractivity contribution in [2.75, 3.05) is 18.8 Å². The first kappa shape index (κ1) is 19.9. The van der Waals surface area contributed by atoms with Crippen LogP contribution in [0.3, 0.4) is 0 Å². The van der Waals surface area contributed by atoms with Gasteiger partial charge in [0, 0.05) is 25.9 Å². The van der Waals surface area contributed by atoms with Gasteiger partial charge in [0.05, 0.1) is 23.1 Å². The molecule has 6 nitrogen and oxygen atoms in total. The number of benzene rings is 2. The Labute approximate surface area is 160 Å². The predicted octanol–water partition coefficient (Wildman–Crippen LogP) is 3.78. The molecule has 0 fully saturated rings. The first-order valence-corrected chi connectivity index (χ1v) is 9.53. The Morgan fingerprint density at radius 3 is 2.32 bits per heavy atom. The van der Waals surface area contributed by atoms with Crippen molar-refractivity contribution in [2.45, 2.75) is 6.18 Å². The molecule has 0 saturated heterocycles. The van der Waals surface area contributed by atoms with Crippen LogP contribution in [0.5, 0.6) is 0 Å². The molecule has 1 heterocycles. The van der Waals surface area contributed by atoms with Crippen LogP contribution in [0.15, 0.2) is 60.9 Å². The summed E-state index contributed by atoms with van der Waals surface area (Å²) in [5.41, 5.74) is 1.52. The third-order valence-electron chi connectivity index (χ3n) is 3.97. The van der Waals surface area contributed by atoms with E-state index in [0.717, 1.165) is 16.4 Å². The number of hydrogen-bond acceptors (Lipinski definition) is 3. The zero-order valence-corrected chi connectivity index (χ0v) is 15.8. The van der Waals surface area contributed by atoms with Crippen LogP contribution in [0.1, 0.15) is 5.56 Å². The van der Waals surface area contributed by atoms with E-state index in [-0.39, 0.29) is 0 Å². The largest absolute Gasteiger partial charge is 0.416 e. The minimum atomic E-state index is -4.39. The van der Waals surface area contributed by atoms with E-state index in [9.17, 15) is 21.6 Å². The molecule has 148 valence electrons. The summed E-state index contributed by atoms with van der Waals surface area (Å²) < 4.78 is 66.9. The van der Waals surface area contributed by atoms with Gasteiger partial charge in [-0.05, 0) is 42.0 Å². The number of alkyl halides is 3. The van der Waals surface area contributed by atoms with Crippen LogP contribution in [-0.4, -0.2) is 36.6 Å². The summed E-state index contributed by atoms with van der Waals surface area (Å²) in [5.74, 6) is 0. The Balaban J connectivity index is 1.85. The highest BCUT2D eigenvalue weighted by Gasteiger charge is 2.30. The molecule has 0 radical (unpaired) electrons. The van der Waals surface area contributed by atoms with Gasteiger partial charge in [-0.3, -0.25) is 4.72 Å². The van der Waals surface area contributed by atoms with Crippen LogP contribution in [0, 0.1) is 0 Å². The lowest BCUT2D eigenvalue weighted by atomic mass is 10.1. The lowest BCUT2D eigenvalue weighted by Gasteiger charge is -2.13. The minimum absolute atomic E-state index is 0.383. The molecule has 0 unspecified atom stereocenters. The van der Waals surface area contributed by atoms with Crippen LogP contribution in [0.4, 0.5) is 18.9 Å². The molecule has 0 aliphatic rings. The van der Waals surface area contributed by atoms with E-state index in [2.05, 4.69) is 9.82 Å². The minimum Gasteiger partial charge on any atom is -0.271 e. The first-order chi connectivity index (χ1) is 13.1. The van der Waals surface area contributed by atoms with Crippen molar-refractivity contribution in [2.24, 2.45) is 0 Å². The zero-order valence-electron chi connectivity index (χ0n) is 15.0. The SMILES string of the molecule is CN(C)S(=O)(=O)Nc1cccc(-c2cnn(-c3ccc(C(F)(F)F)cc3)c2)c1. The van der Waals surface area contributed by atoms with Crippen molar-refractivity contribution in [1.29, 1.82) is 0 Å². The highest BCUT2D eigenvalue weighted by atomic mass is 32.2. The number of aromatic nitrogens is 2. The van der Waals surface area contributed by atoms with Gasteiger partial charge < -0.3 is 0 Å². The molecular formula is C18H17F3N4O2S. The molecule has 1 N–H and O–H groups in total. The molecule has 0 atom stereocenters. The molecule has 0 amide bonds. The average Bonchev–Trinajstić information content (AvgIpc) is 3.11. The summed E-state index contributed by atoms with van der Waals surface area (Å²) in [7, 11) is -0.800. The monoisotopic (exact) mass is 410 g/mol. The molecule has 2 aromatic carbocycles. The smallest absolute Gasteiger partial charge is 0.271 e. The Kier molecular flexibility index (Phi) is 5.18. The normalized spacial score (nSPS) is 12.4. The van der Waals surface area contributed by atoms with Crippen molar-refractivity contribution in [3.63, 3.8) is 0 Å². The van der Waals surface area contributed by atoms with Gasteiger partial charge in [0.2, 0.25) is 0 Å². The van der Waals surface area contributed by atoms with E-state index in [1.165, 1.54) is 30.9 Å². The molecule has 28 heavy (non-hydrogen) atoms. The summed E-state index contributed by atoms with van der Waals surface area (Å²) >= 11 is 0. The summed E-state index contributed by atoms with van der Waals surface area (Å²) in [6.07, 6.45) is -1.19. The summed E-state index contributed by atoms with van der Waals surface area (Å²) in [6, 6.07) is 11.4. The van der Waals surface area contributed by atoms with Crippen molar-refractivity contribution in [3.8, 4) is 16.8 Å². The van der Waals surface area contributed by atoms with Crippen LogP contribution in [0.2, 0.25) is 0 Å². The van der Waals surface area contributed by atoms with E-state index in [4.69, 9.17) is 0 Å². The Morgan fingerprint density at radius 1 is 1.04 bits per heavy atom. The fraction of sp³-hybridized carbons (Fsp3) is 0.167. The lowest BCUT2D eigenvalue weighted by molar-refractivity contribution is -0.137. The molecule has 0 spiro atoms. The third-order valence-corrected chi connectivity index (χ3v) is 5.42. The van der Waals surface area contributed by atoms with E-state index in [1.54, 1.807) is 36.7 Å². The quantitative estimate of drug-likeness (QED) is 0.696. The van der Waals surface area contributed by atoms with Crippen LogP contribution in [0.25, 0.3) is 16.8 Å². The van der Waals surface area contributed by atoms with E-state index < -0.39 is 21.9 Å². The van der Waals surface area contributed by atoms with Crippen LogP contribution in [-0.2, 0) is 16.4 Å². The van der Waals surface area contributed by atoms with Gasteiger partial charge in [0.15, 0.2) is 0 Å². The Hall–Kier alpha value is -2.85. The number of halogens is 3. The number of anilines is 1. The zero-order chi connectivity index (χ0) is 20.5. The van der Waals surface area contributed by atoms with Gasteiger partial charge >= 0.3 is 16.4 Å². The molecule has 0 bridgehead atoms. The number of nitrogens with zero attached hydrogens (tertiary/aromatic N) is 3. The van der Waals surface area contributed by atoms with E-state index >= 15 is 0 Å². The Bertz CT molecular complexity index is 1070. The average molecular weight is 410 g/mol. The molecule has 1 aromatic heterocycles. The topological polar surface area (TPSA) is 67.2 Å². The van der Waals surface area contributed by atoms with Gasteiger partial charge in [-0.15, -0.1) is 0 Å². The van der Waals surface area contributed by atoms with E-state index in [1.807, 2.05) is 0 Å². The second-order valence-electron chi connectivity index (χ2n) is 6.19. The second kappa shape index (κ2) is 7.28. The maximum Gasteiger partial charge on any atom is 0.416 e. The van der Waals surface area contributed by atoms with Crippen molar-refractivity contribution >= 4 is 15.9 Å². The molecule has 3 aromatic rings. The molecule has 10 heteroatoms. The maximum absolute atomic E-state index is 12.7. The van der Waals surface area contributed by atoms with Crippen molar-refractivity contribution in [1.82, 2.24) is 14.1 Å². The van der Waals surface area contributed by atoms with Gasteiger partial charge in [0.25, 0.3) is 0 Å². The highest BCUT2D eigenvalue weighted by molar-refractivity contribution is 7.90. The third kappa shape index (κ3) is 4.34. The summed E-state index contributed by atoms with van der Waals surface area (Å²) in [4.78, 5) is 0. The molecular weight excluding hydrogens is 393 g/mol. The first-order valence-electron chi connectivity index (χ1n) is 8.09. The lowest BCUT2D eigenvalue weighted by Crippen LogP contribution is -2.28. The van der Waals surface area contributed by atoms with Gasteiger partial charge in [-0.1, -0.05) is 12.1 Å². The predicted molar refractivity (Wildman–Crippen MR) is 100 cm³/mol. The molecule has 0 saturated carbocycles. The summed E-state index contributed by atoms with van der Waals surface area (Å²) in [5, 5.41) is 4.18. The second-order valence-corrected chi connectivity index (χ2v) is 8.07. The number of rotatable bonds is 5. The number of hydrogen-bond donors (Lipinski definition) is 1. The van der Waals surface area contributed by atoms with Gasteiger partial charge in [-0.25, -0.2) is 4.68 Å². The fourth-order valence-corrected chi connectivity index (χ4v) is 3.03. The van der Waals surface area contributed by atoms with Crippen molar-refractivity contribution < 1.29 is 21.6 Å². The standard InChI is InChI=1S/C18H17F3N4O2S/c1-24(2)28(26,27)23-16-5-3-4-13(10-16)14-11-22-25(12-14)17-8-6-15(7-9-17)18(19,20)21/h3-12,23H,1-2H3.